The van der Waals surface area contributed by atoms with Crippen molar-refractivity contribution >= 4 is 16.7 Å². The first-order chi connectivity index (χ1) is 8.25. The molecule has 0 aliphatic carbocycles. The largest absolute Gasteiger partial charge is 0.464 e. The molecule has 2 aromatic heterocycles. The molecule has 2 N–H and O–H groups in total. The number of hydrogen-bond acceptors (Lipinski definition) is 3. The summed E-state index contributed by atoms with van der Waals surface area (Å²) >= 11 is 0. The molecule has 4 nitrogen and oxygen atoms in total. The molecule has 0 unspecified atom stereocenters. The van der Waals surface area contributed by atoms with Gasteiger partial charge in [-0.05, 0) is 36.4 Å². The van der Waals surface area contributed by atoms with Crippen molar-refractivity contribution in [2.24, 2.45) is 0 Å². The van der Waals surface area contributed by atoms with Crippen molar-refractivity contribution in [3.05, 3.63) is 59.2 Å². The number of furan rings is 1. The van der Waals surface area contributed by atoms with Gasteiger partial charge in [-0.15, -0.1) is 0 Å². The van der Waals surface area contributed by atoms with Gasteiger partial charge in [-0.1, -0.05) is 0 Å². The third-order valence-electron chi connectivity index (χ3n) is 2.69. The summed E-state index contributed by atoms with van der Waals surface area (Å²) in [7, 11) is 0. The summed E-state index contributed by atoms with van der Waals surface area (Å²) in [5.41, 5.74) is 7.57. The summed E-state index contributed by atoms with van der Waals surface area (Å²) in [4.78, 5) is 12.1. The molecule has 0 saturated carbocycles. The number of nitrogens with zero attached hydrogens (tertiary/aromatic N) is 1. The van der Waals surface area contributed by atoms with Gasteiger partial charge in [0.2, 0.25) is 0 Å². The van der Waals surface area contributed by atoms with Gasteiger partial charge in [-0.25, -0.2) is 0 Å². The molecule has 17 heavy (non-hydrogen) atoms. The fourth-order valence-corrected chi connectivity index (χ4v) is 1.80. The van der Waals surface area contributed by atoms with Crippen molar-refractivity contribution in [2.75, 3.05) is 5.73 Å². The second kappa shape index (κ2) is 3.52. The number of anilines is 1. The van der Waals surface area contributed by atoms with Crippen LogP contribution in [0, 0.1) is 0 Å². The molecule has 0 amide bonds. The zero-order chi connectivity index (χ0) is 11.8. The number of nitrogen functional groups attached to an aromatic ring is 1. The number of rotatable bonds is 1. The quantitative estimate of drug-likeness (QED) is 0.647. The Kier molecular flexibility index (Phi) is 2.01. The normalized spacial score (nSPS) is 10.8. The number of pyridine rings is 1. The number of fused-ring (bicyclic) bond motifs is 1. The summed E-state index contributed by atoms with van der Waals surface area (Å²) in [5.74, 6) is 0. The summed E-state index contributed by atoms with van der Waals surface area (Å²) in [6.45, 7) is 0. The Morgan fingerprint density at radius 1 is 1.06 bits per heavy atom. The first-order valence-electron chi connectivity index (χ1n) is 5.20. The predicted octanol–water partition coefficient (Wildman–Crippen LogP) is 2.17. The maximum absolute atomic E-state index is 12.1. The van der Waals surface area contributed by atoms with Crippen molar-refractivity contribution in [1.82, 2.24) is 4.57 Å². The molecule has 0 saturated heterocycles. The average molecular weight is 226 g/mol. The highest BCUT2D eigenvalue weighted by Crippen LogP contribution is 2.13. The van der Waals surface area contributed by atoms with Gasteiger partial charge in [0.05, 0.1) is 11.6 Å². The van der Waals surface area contributed by atoms with E-state index in [1.54, 1.807) is 35.0 Å². The molecular formula is C13H10N2O2. The van der Waals surface area contributed by atoms with Crippen LogP contribution in [-0.2, 0) is 0 Å². The topological polar surface area (TPSA) is 61.2 Å². The molecule has 0 bridgehead atoms. The maximum atomic E-state index is 12.1. The lowest BCUT2D eigenvalue weighted by atomic mass is 10.2. The van der Waals surface area contributed by atoms with Gasteiger partial charge in [0, 0.05) is 17.6 Å². The van der Waals surface area contributed by atoms with Gasteiger partial charge in [0.15, 0.2) is 0 Å². The SMILES string of the molecule is Nc1ccc(-n2ccc3occc3c2=O)cc1. The predicted molar refractivity (Wildman–Crippen MR) is 66.2 cm³/mol. The fourth-order valence-electron chi connectivity index (χ4n) is 1.80. The van der Waals surface area contributed by atoms with Gasteiger partial charge in [0.1, 0.15) is 5.58 Å². The molecule has 0 fully saturated rings. The van der Waals surface area contributed by atoms with Crippen LogP contribution in [0.4, 0.5) is 5.69 Å². The van der Waals surface area contributed by atoms with Gasteiger partial charge in [-0.3, -0.25) is 9.36 Å². The van der Waals surface area contributed by atoms with Crippen molar-refractivity contribution in [2.45, 2.75) is 0 Å². The Morgan fingerprint density at radius 3 is 2.59 bits per heavy atom. The summed E-state index contributed by atoms with van der Waals surface area (Å²) in [6, 6.07) is 10.6. The highest BCUT2D eigenvalue weighted by molar-refractivity contribution is 5.76. The minimum absolute atomic E-state index is 0.0963. The average Bonchev–Trinajstić information content (AvgIpc) is 2.80. The van der Waals surface area contributed by atoms with E-state index in [0.29, 0.717) is 16.7 Å². The van der Waals surface area contributed by atoms with Crippen molar-refractivity contribution in [3.8, 4) is 5.69 Å². The van der Waals surface area contributed by atoms with Crippen molar-refractivity contribution in [1.29, 1.82) is 0 Å². The highest BCUT2D eigenvalue weighted by Gasteiger charge is 2.05. The lowest BCUT2D eigenvalue weighted by Crippen LogP contribution is -2.16. The van der Waals surface area contributed by atoms with E-state index in [1.165, 1.54) is 6.26 Å². The van der Waals surface area contributed by atoms with Gasteiger partial charge < -0.3 is 10.2 Å². The van der Waals surface area contributed by atoms with Crippen molar-refractivity contribution in [3.63, 3.8) is 0 Å². The van der Waals surface area contributed by atoms with E-state index in [4.69, 9.17) is 10.2 Å². The molecule has 3 aromatic rings. The molecule has 4 heteroatoms. The fraction of sp³-hybridized carbons (Fsp3) is 0. The van der Waals surface area contributed by atoms with Gasteiger partial charge in [0.25, 0.3) is 5.56 Å². The Balaban J connectivity index is 2.27. The van der Waals surface area contributed by atoms with E-state index in [2.05, 4.69) is 0 Å². The molecule has 0 aliphatic rings. The number of hydrogen-bond donors (Lipinski definition) is 1. The number of benzene rings is 1. The molecule has 84 valence electrons. The molecule has 0 radical (unpaired) electrons. The zero-order valence-electron chi connectivity index (χ0n) is 8.96. The highest BCUT2D eigenvalue weighted by atomic mass is 16.3. The lowest BCUT2D eigenvalue weighted by molar-refractivity contribution is 0.615. The second-order valence-electron chi connectivity index (χ2n) is 3.78. The second-order valence-corrected chi connectivity index (χ2v) is 3.78. The first-order valence-corrected chi connectivity index (χ1v) is 5.20. The molecule has 2 heterocycles. The summed E-state index contributed by atoms with van der Waals surface area (Å²) in [5, 5.41) is 0.573. The maximum Gasteiger partial charge on any atom is 0.266 e. The van der Waals surface area contributed by atoms with E-state index in [9.17, 15) is 4.79 Å². The van der Waals surface area contributed by atoms with Gasteiger partial charge in [-0.2, -0.15) is 0 Å². The molecule has 1 aromatic carbocycles. The first kappa shape index (κ1) is 9.72. The zero-order valence-corrected chi connectivity index (χ0v) is 8.96. The number of aromatic nitrogens is 1. The van der Waals surface area contributed by atoms with Crippen LogP contribution in [0.3, 0.4) is 0 Å². The van der Waals surface area contributed by atoms with Gasteiger partial charge >= 0.3 is 0 Å². The Labute approximate surface area is 96.9 Å². The Bertz CT molecular complexity index is 723. The summed E-state index contributed by atoms with van der Waals surface area (Å²) in [6.07, 6.45) is 3.21. The van der Waals surface area contributed by atoms with E-state index < -0.39 is 0 Å². The molecular weight excluding hydrogens is 216 g/mol. The summed E-state index contributed by atoms with van der Waals surface area (Å²) < 4.78 is 6.74. The molecule has 3 rings (SSSR count). The van der Waals surface area contributed by atoms with E-state index >= 15 is 0 Å². The van der Waals surface area contributed by atoms with E-state index in [1.807, 2.05) is 12.1 Å². The van der Waals surface area contributed by atoms with Crippen LogP contribution in [0.25, 0.3) is 16.7 Å². The third kappa shape index (κ3) is 1.50. The van der Waals surface area contributed by atoms with Crippen molar-refractivity contribution < 1.29 is 4.42 Å². The Hall–Kier alpha value is -2.49. The lowest BCUT2D eigenvalue weighted by Gasteiger charge is -2.05. The minimum atomic E-state index is -0.0963. The van der Waals surface area contributed by atoms with Crippen LogP contribution < -0.4 is 11.3 Å². The molecule has 0 aliphatic heterocycles. The van der Waals surface area contributed by atoms with Crippen LogP contribution >= 0.6 is 0 Å². The van der Waals surface area contributed by atoms with Crippen LogP contribution in [-0.4, -0.2) is 4.57 Å². The number of nitrogens with two attached hydrogens (primary N) is 1. The van der Waals surface area contributed by atoms with E-state index in [-0.39, 0.29) is 5.56 Å². The van der Waals surface area contributed by atoms with E-state index in [0.717, 1.165) is 5.69 Å². The smallest absolute Gasteiger partial charge is 0.266 e. The monoisotopic (exact) mass is 226 g/mol. The van der Waals surface area contributed by atoms with Crippen LogP contribution in [0.15, 0.2) is 58.1 Å². The Morgan fingerprint density at radius 2 is 1.82 bits per heavy atom. The molecule has 0 spiro atoms. The standard InChI is InChI=1S/C13H10N2O2/c14-9-1-3-10(4-2-9)15-7-5-12-11(13(15)16)6-8-17-12/h1-8H,14H2. The van der Waals surface area contributed by atoms with Crippen LogP contribution in [0.1, 0.15) is 0 Å². The van der Waals surface area contributed by atoms with Crippen LogP contribution in [0.2, 0.25) is 0 Å². The minimum Gasteiger partial charge on any atom is -0.464 e. The third-order valence-corrected chi connectivity index (χ3v) is 2.69. The molecule has 0 atom stereocenters. The van der Waals surface area contributed by atoms with Crippen LogP contribution in [0.5, 0.6) is 0 Å².